The Morgan fingerprint density at radius 1 is 1.42 bits per heavy atom. The van der Waals surface area contributed by atoms with Gasteiger partial charge in [-0.25, -0.2) is 4.39 Å². The zero-order valence-corrected chi connectivity index (χ0v) is 10.9. The molecule has 1 aromatic carbocycles. The van der Waals surface area contributed by atoms with Crippen LogP contribution in [0.2, 0.25) is 0 Å². The Morgan fingerprint density at radius 2 is 2.21 bits per heavy atom. The summed E-state index contributed by atoms with van der Waals surface area (Å²) >= 11 is 0. The number of rotatable bonds is 3. The van der Waals surface area contributed by atoms with Crippen molar-refractivity contribution >= 4 is 11.8 Å². The molecule has 2 amide bonds. The molecule has 0 aliphatic carbocycles. The molecular weight excluding hydrogens is 247 g/mol. The minimum atomic E-state index is -0.484. The third-order valence-corrected chi connectivity index (χ3v) is 3.23. The first kappa shape index (κ1) is 13.5. The van der Waals surface area contributed by atoms with Gasteiger partial charge in [0, 0.05) is 19.5 Å². The molecule has 1 unspecified atom stereocenters. The first-order valence-electron chi connectivity index (χ1n) is 6.39. The van der Waals surface area contributed by atoms with Gasteiger partial charge in [0.1, 0.15) is 11.9 Å². The van der Waals surface area contributed by atoms with Gasteiger partial charge in [0.2, 0.25) is 11.8 Å². The molecule has 102 valence electrons. The molecule has 0 saturated carbocycles. The summed E-state index contributed by atoms with van der Waals surface area (Å²) in [5.74, 6) is -0.457. The molecule has 1 saturated heterocycles. The normalized spacial score (nSPS) is 20.1. The number of nitrogens with one attached hydrogen (secondary N) is 1. The quantitative estimate of drug-likeness (QED) is 0.889. The summed E-state index contributed by atoms with van der Waals surface area (Å²) in [6, 6.07) is 5.86. The molecule has 1 fully saturated rings. The van der Waals surface area contributed by atoms with Gasteiger partial charge in [-0.2, -0.15) is 0 Å². The number of nitrogens with zero attached hydrogens (tertiary/aromatic N) is 1. The van der Waals surface area contributed by atoms with Crippen molar-refractivity contribution in [3.63, 3.8) is 0 Å². The van der Waals surface area contributed by atoms with E-state index >= 15 is 0 Å². The number of carbonyl (C=O) groups is 2. The minimum absolute atomic E-state index is 0.0812. The van der Waals surface area contributed by atoms with Crippen LogP contribution in [0.5, 0.6) is 0 Å². The monoisotopic (exact) mass is 264 g/mol. The fourth-order valence-corrected chi connectivity index (χ4v) is 2.17. The summed E-state index contributed by atoms with van der Waals surface area (Å²) in [7, 11) is 0. The second-order valence-electron chi connectivity index (χ2n) is 4.74. The van der Waals surface area contributed by atoms with Gasteiger partial charge in [-0.15, -0.1) is 0 Å². The number of amides is 2. The Kier molecular flexibility index (Phi) is 4.14. The van der Waals surface area contributed by atoms with Crippen LogP contribution in [-0.2, 0) is 16.0 Å². The van der Waals surface area contributed by atoms with Crippen LogP contribution in [0.15, 0.2) is 24.3 Å². The number of carbonyl (C=O) groups excluding carboxylic acids is 2. The van der Waals surface area contributed by atoms with Crippen LogP contribution in [0, 0.1) is 5.82 Å². The highest BCUT2D eigenvalue weighted by molar-refractivity contribution is 5.89. The lowest BCUT2D eigenvalue weighted by atomic mass is 10.1. The maximum Gasteiger partial charge on any atom is 0.244 e. The maximum absolute atomic E-state index is 13.1. The fourth-order valence-electron chi connectivity index (χ4n) is 2.17. The molecule has 0 aromatic heterocycles. The van der Waals surface area contributed by atoms with Gasteiger partial charge in [-0.1, -0.05) is 12.1 Å². The van der Waals surface area contributed by atoms with Gasteiger partial charge in [0.25, 0.3) is 0 Å². The van der Waals surface area contributed by atoms with E-state index in [2.05, 4.69) is 5.32 Å². The largest absolute Gasteiger partial charge is 0.345 e. The average Bonchev–Trinajstić information content (AvgIpc) is 2.48. The van der Waals surface area contributed by atoms with E-state index in [1.54, 1.807) is 17.9 Å². The van der Waals surface area contributed by atoms with E-state index in [4.69, 9.17) is 0 Å². The summed E-state index contributed by atoms with van der Waals surface area (Å²) in [5.41, 5.74) is 0.851. The van der Waals surface area contributed by atoms with Crippen molar-refractivity contribution < 1.29 is 14.0 Å². The average molecular weight is 264 g/mol. The van der Waals surface area contributed by atoms with Gasteiger partial charge >= 0.3 is 0 Å². The molecule has 5 heteroatoms. The van der Waals surface area contributed by atoms with Crippen LogP contribution in [0.25, 0.3) is 0 Å². The number of hydrogen-bond donors (Lipinski definition) is 1. The van der Waals surface area contributed by atoms with E-state index in [9.17, 15) is 14.0 Å². The predicted molar refractivity (Wildman–Crippen MR) is 68.9 cm³/mol. The van der Waals surface area contributed by atoms with Crippen LogP contribution in [-0.4, -0.2) is 35.8 Å². The molecule has 1 aliphatic rings. The standard InChI is InChI=1S/C14H17FN2O2/c1-10-14(19)17(8-6-13(18)16-10)7-5-11-3-2-4-12(15)9-11/h2-4,9-10H,5-8H2,1H3,(H,16,18). The van der Waals surface area contributed by atoms with Crippen LogP contribution in [0.4, 0.5) is 4.39 Å². The highest BCUT2D eigenvalue weighted by Crippen LogP contribution is 2.08. The second-order valence-corrected chi connectivity index (χ2v) is 4.74. The Bertz CT molecular complexity index is 490. The molecule has 0 bridgehead atoms. The van der Waals surface area contributed by atoms with Crippen LogP contribution < -0.4 is 5.32 Å². The number of hydrogen-bond acceptors (Lipinski definition) is 2. The molecule has 19 heavy (non-hydrogen) atoms. The van der Waals surface area contributed by atoms with Gasteiger partial charge in [-0.3, -0.25) is 9.59 Å². The van der Waals surface area contributed by atoms with E-state index in [1.165, 1.54) is 12.1 Å². The van der Waals surface area contributed by atoms with E-state index in [1.807, 2.05) is 6.07 Å². The Morgan fingerprint density at radius 3 is 2.95 bits per heavy atom. The number of halogens is 1. The third-order valence-electron chi connectivity index (χ3n) is 3.23. The lowest BCUT2D eigenvalue weighted by Crippen LogP contribution is -2.43. The van der Waals surface area contributed by atoms with Crippen molar-refractivity contribution in [3.05, 3.63) is 35.6 Å². The van der Waals surface area contributed by atoms with E-state index in [0.29, 0.717) is 25.9 Å². The highest BCUT2D eigenvalue weighted by Gasteiger charge is 2.25. The lowest BCUT2D eigenvalue weighted by Gasteiger charge is -2.22. The Hall–Kier alpha value is -1.91. The van der Waals surface area contributed by atoms with Crippen molar-refractivity contribution in [3.8, 4) is 0 Å². The molecule has 1 aliphatic heterocycles. The first-order valence-corrected chi connectivity index (χ1v) is 6.39. The van der Waals surface area contributed by atoms with Crippen molar-refractivity contribution in [2.45, 2.75) is 25.8 Å². The lowest BCUT2D eigenvalue weighted by molar-refractivity contribution is -0.133. The zero-order valence-electron chi connectivity index (χ0n) is 10.9. The summed E-state index contributed by atoms with van der Waals surface area (Å²) in [6.45, 7) is 2.60. The molecule has 1 aromatic rings. The van der Waals surface area contributed by atoms with Crippen molar-refractivity contribution in [1.29, 1.82) is 0 Å². The first-order chi connectivity index (χ1) is 9.06. The molecule has 1 atom stereocenters. The summed E-state index contributed by atoms with van der Waals surface area (Å²) in [5, 5.41) is 2.64. The molecule has 0 spiro atoms. The maximum atomic E-state index is 13.1. The van der Waals surface area contributed by atoms with Gasteiger partial charge in [-0.05, 0) is 31.0 Å². The van der Waals surface area contributed by atoms with Crippen molar-refractivity contribution in [1.82, 2.24) is 10.2 Å². The van der Waals surface area contributed by atoms with Gasteiger partial charge < -0.3 is 10.2 Å². The Balaban J connectivity index is 1.98. The van der Waals surface area contributed by atoms with Crippen LogP contribution >= 0.6 is 0 Å². The van der Waals surface area contributed by atoms with Crippen molar-refractivity contribution in [2.75, 3.05) is 13.1 Å². The SMILES string of the molecule is CC1NC(=O)CCN(CCc2cccc(F)c2)C1=O. The second kappa shape index (κ2) is 5.82. The zero-order chi connectivity index (χ0) is 13.8. The highest BCUT2D eigenvalue weighted by atomic mass is 19.1. The molecule has 2 rings (SSSR count). The van der Waals surface area contributed by atoms with E-state index < -0.39 is 6.04 Å². The summed E-state index contributed by atoms with van der Waals surface area (Å²) < 4.78 is 13.1. The number of benzene rings is 1. The molecule has 1 heterocycles. The van der Waals surface area contributed by atoms with Gasteiger partial charge in [0.05, 0.1) is 0 Å². The topological polar surface area (TPSA) is 49.4 Å². The molecule has 4 nitrogen and oxygen atoms in total. The van der Waals surface area contributed by atoms with E-state index in [0.717, 1.165) is 5.56 Å². The molecule has 0 radical (unpaired) electrons. The van der Waals surface area contributed by atoms with Crippen molar-refractivity contribution in [2.24, 2.45) is 0 Å². The Labute approximate surface area is 111 Å². The van der Waals surface area contributed by atoms with Crippen LogP contribution in [0.1, 0.15) is 18.9 Å². The summed E-state index contributed by atoms with van der Waals surface area (Å²) in [6.07, 6.45) is 0.906. The molecule has 1 N–H and O–H groups in total. The summed E-state index contributed by atoms with van der Waals surface area (Å²) in [4.78, 5) is 25.0. The van der Waals surface area contributed by atoms with E-state index in [-0.39, 0.29) is 17.6 Å². The molecular formula is C14H17FN2O2. The third kappa shape index (κ3) is 3.53. The van der Waals surface area contributed by atoms with Gasteiger partial charge in [0.15, 0.2) is 0 Å². The predicted octanol–water partition coefficient (Wildman–Crippen LogP) is 1.11. The minimum Gasteiger partial charge on any atom is -0.345 e. The smallest absolute Gasteiger partial charge is 0.244 e. The van der Waals surface area contributed by atoms with Crippen LogP contribution in [0.3, 0.4) is 0 Å². The fraction of sp³-hybridized carbons (Fsp3) is 0.429.